The molecule has 0 bridgehead atoms. The first kappa shape index (κ1) is 16.2. The zero-order valence-corrected chi connectivity index (χ0v) is 14.6. The molecule has 1 aliphatic heterocycles. The summed E-state index contributed by atoms with van der Waals surface area (Å²) in [6, 6.07) is 6.49. The van der Waals surface area contributed by atoms with Crippen molar-refractivity contribution < 1.29 is 0 Å². The zero-order valence-electron chi connectivity index (χ0n) is 12.3. The Morgan fingerprint density at radius 1 is 1.23 bits per heavy atom. The zero-order chi connectivity index (χ0) is 15.4. The quantitative estimate of drug-likeness (QED) is 0.870. The van der Waals surface area contributed by atoms with Gasteiger partial charge in [-0.15, -0.1) is 11.3 Å². The van der Waals surface area contributed by atoms with Gasteiger partial charge >= 0.3 is 0 Å². The summed E-state index contributed by atoms with van der Waals surface area (Å²) in [5.41, 5.74) is 1.23. The molecule has 6 heteroatoms. The van der Waals surface area contributed by atoms with Crippen LogP contribution < -0.4 is 5.32 Å². The molecule has 1 fully saturated rings. The van der Waals surface area contributed by atoms with Crippen LogP contribution >= 0.6 is 34.5 Å². The van der Waals surface area contributed by atoms with Crippen LogP contribution in [0.4, 0.5) is 0 Å². The first-order valence-electron chi connectivity index (χ1n) is 7.49. The number of aromatic nitrogens is 1. The summed E-state index contributed by atoms with van der Waals surface area (Å²) in [6.45, 7) is 4.04. The van der Waals surface area contributed by atoms with Crippen LogP contribution in [0.5, 0.6) is 0 Å². The smallest absolute Gasteiger partial charge is 0.106 e. The number of likely N-dealkylation sites (tertiary alicyclic amines) is 1. The Bertz CT molecular complexity index is 595. The van der Waals surface area contributed by atoms with Crippen LogP contribution in [0, 0.1) is 0 Å². The fraction of sp³-hybridized carbons (Fsp3) is 0.438. The van der Waals surface area contributed by atoms with Crippen molar-refractivity contribution in [2.24, 2.45) is 0 Å². The van der Waals surface area contributed by atoms with Crippen LogP contribution in [0.25, 0.3) is 0 Å². The highest BCUT2D eigenvalue weighted by Crippen LogP contribution is 2.24. The lowest BCUT2D eigenvalue weighted by Crippen LogP contribution is -2.41. The molecule has 0 radical (unpaired) electrons. The Hall–Kier alpha value is -0.650. The minimum atomic E-state index is 0.592. The molecular weight excluding hydrogens is 337 g/mol. The van der Waals surface area contributed by atoms with Crippen molar-refractivity contribution in [1.82, 2.24) is 15.2 Å². The monoisotopic (exact) mass is 355 g/mol. The van der Waals surface area contributed by atoms with Gasteiger partial charge in [-0.1, -0.05) is 29.3 Å². The first-order chi connectivity index (χ1) is 10.7. The molecule has 118 valence electrons. The summed E-state index contributed by atoms with van der Waals surface area (Å²) in [7, 11) is 0. The Morgan fingerprint density at radius 2 is 2.05 bits per heavy atom. The summed E-state index contributed by atoms with van der Waals surface area (Å²) in [4.78, 5) is 6.78. The molecule has 1 aliphatic rings. The lowest BCUT2D eigenvalue weighted by Gasteiger charge is -2.32. The number of halogens is 2. The number of thiazole rings is 1. The molecule has 2 heterocycles. The van der Waals surface area contributed by atoms with E-state index in [0.29, 0.717) is 16.1 Å². The number of hydrogen-bond donors (Lipinski definition) is 1. The third-order valence-electron chi connectivity index (χ3n) is 4.00. The van der Waals surface area contributed by atoms with Crippen molar-refractivity contribution in [3.8, 4) is 0 Å². The van der Waals surface area contributed by atoms with Gasteiger partial charge in [0.15, 0.2) is 0 Å². The molecule has 3 nitrogen and oxygen atoms in total. The second-order valence-corrected chi connectivity index (χ2v) is 7.40. The molecule has 0 spiro atoms. The van der Waals surface area contributed by atoms with Gasteiger partial charge in [0.1, 0.15) is 5.01 Å². The Labute approximate surface area is 145 Å². The molecule has 2 aromatic rings. The normalized spacial score (nSPS) is 17.0. The van der Waals surface area contributed by atoms with Gasteiger partial charge in [0, 0.05) is 30.7 Å². The van der Waals surface area contributed by atoms with Gasteiger partial charge in [-0.25, -0.2) is 4.98 Å². The Balaban J connectivity index is 1.44. The van der Waals surface area contributed by atoms with E-state index in [9.17, 15) is 0 Å². The highest BCUT2D eigenvalue weighted by atomic mass is 35.5. The van der Waals surface area contributed by atoms with Crippen LogP contribution in [-0.4, -0.2) is 29.0 Å². The second-order valence-electron chi connectivity index (χ2n) is 5.61. The molecule has 0 unspecified atom stereocenters. The number of benzene rings is 1. The van der Waals surface area contributed by atoms with E-state index in [1.807, 2.05) is 23.7 Å². The summed E-state index contributed by atoms with van der Waals surface area (Å²) in [5, 5.41) is 8.06. The number of piperidine rings is 1. The van der Waals surface area contributed by atoms with Gasteiger partial charge < -0.3 is 5.32 Å². The SMILES string of the molecule is Clc1ccc(CN2CCC(NCc3nccs3)CC2)cc1Cl. The molecule has 0 amide bonds. The maximum Gasteiger partial charge on any atom is 0.106 e. The van der Waals surface area contributed by atoms with E-state index in [2.05, 4.69) is 21.3 Å². The standard InChI is InChI=1S/C16H19Cl2N3S/c17-14-2-1-12(9-15(14)18)11-21-6-3-13(4-7-21)20-10-16-19-5-8-22-16/h1-2,5,8-9,13,20H,3-4,6-7,10-11H2. The maximum atomic E-state index is 6.08. The minimum Gasteiger partial charge on any atom is -0.308 e. The van der Waals surface area contributed by atoms with Crippen molar-refractivity contribution in [3.05, 3.63) is 50.4 Å². The predicted molar refractivity (Wildman–Crippen MR) is 93.7 cm³/mol. The van der Waals surface area contributed by atoms with Crippen molar-refractivity contribution in [2.45, 2.75) is 32.0 Å². The molecule has 1 N–H and O–H groups in total. The minimum absolute atomic E-state index is 0.592. The third-order valence-corrected chi connectivity index (χ3v) is 5.52. The van der Waals surface area contributed by atoms with Gasteiger partial charge in [0.05, 0.1) is 10.0 Å². The van der Waals surface area contributed by atoms with Crippen LogP contribution in [-0.2, 0) is 13.1 Å². The van der Waals surface area contributed by atoms with Crippen LogP contribution in [0.2, 0.25) is 10.0 Å². The molecule has 1 saturated heterocycles. The number of nitrogens with one attached hydrogen (secondary N) is 1. The predicted octanol–water partition coefficient (Wildman–Crippen LogP) is 4.20. The largest absolute Gasteiger partial charge is 0.308 e. The Kier molecular flexibility index (Phi) is 5.71. The van der Waals surface area contributed by atoms with Crippen molar-refractivity contribution in [3.63, 3.8) is 0 Å². The van der Waals surface area contributed by atoms with Crippen LogP contribution in [0.1, 0.15) is 23.4 Å². The number of nitrogens with zero attached hydrogens (tertiary/aromatic N) is 2. The Morgan fingerprint density at radius 3 is 2.73 bits per heavy atom. The molecule has 1 aromatic carbocycles. The average Bonchev–Trinajstić information content (AvgIpc) is 3.04. The van der Waals surface area contributed by atoms with Gasteiger partial charge in [0.25, 0.3) is 0 Å². The molecule has 0 atom stereocenters. The van der Waals surface area contributed by atoms with Gasteiger partial charge in [-0.2, -0.15) is 0 Å². The van der Waals surface area contributed by atoms with Crippen LogP contribution in [0.3, 0.4) is 0 Å². The lowest BCUT2D eigenvalue weighted by atomic mass is 10.0. The molecule has 22 heavy (non-hydrogen) atoms. The highest BCUT2D eigenvalue weighted by molar-refractivity contribution is 7.09. The second kappa shape index (κ2) is 7.75. The molecular formula is C16H19Cl2N3S. The summed E-state index contributed by atoms with van der Waals surface area (Å²) >= 11 is 13.7. The lowest BCUT2D eigenvalue weighted by molar-refractivity contribution is 0.190. The highest BCUT2D eigenvalue weighted by Gasteiger charge is 2.19. The molecule has 1 aromatic heterocycles. The van der Waals surface area contributed by atoms with E-state index in [1.165, 1.54) is 23.4 Å². The van der Waals surface area contributed by atoms with Gasteiger partial charge in [-0.05, 0) is 43.6 Å². The fourth-order valence-electron chi connectivity index (χ4n) is 2.76. The van der Waals surface area contributed by atoms with Gasteiger partial charge in [0.2, 0.25) is 0 Å². The fourth-order valence-corrected chi connectivity index (χ4v) is 3.65. The van der Waals surface area contributed by atoms with E-state index >= 15 is 0 Å². The van der Waals surface area contributed by atoms with Crippen LogP contribution in [0.15, 0.2) is 29.8 Å². The van der Waals surface area contributed by atoms with E-state index in [1.54, 1.807) is 11.3 Å². The van der Waals surface area contributed by atoms with E-state index in [0.717, 1.165) is 26.2 Å². The topological polar surface area (TPSA) is 28.2 Å². The van der Waals surface area contributed by atoms with Crippen molar-refractivity contribution >= 4 is 34.5 Å². The first-order valence-corrected chi connectivity index (χ1v) is 9.12. The summed E-state index contributed by atoms with van der Waals surface area (Å²) in [5.74, 6) is 0. The molecule has 0 saturated carbocycles. The number of hydrogen-bond acceptors (Lipinski definition) is 4. The maximum absolute atomic E-state index is 6.08. The van der Waals surface area contributed by atoms with E-state index in [-0.39, 0.29) is 0 Å². The van der Waals surface area contributed by atoms with Crippen molar-refractivity contribution in [2.75, 3.05) is 13.1 Å². The molecule has 0 aliphatic carbocycles. The molecule has 3 rings (SSSR count). The van der Waals surface area contributed by atoms with Crippen molar-refractivity contribution in [1.29, 1.82) is 0 Å². The van der Waals surface area contributed by atoms with E-state index in [4.69, 9.17) is 23.2 Å². The van der Waals surface area contributed by atoms with E-state index < -0.39 is 0 Å². The summed E-state index contributed by atoms with van der Waals surface area (Å²) < 4.78 is 0. The van der Waals surface area contributed by atoms with Gasteiger partial charge in [-0.3, -0.25) is 4.90 Å². The third kappa shape index (κ3) is 4.43. The number of rotatable bonds is 5. The summed E-state index contributed by atoms with van der Waals surface area (Å²) in [6.07, 6.45) is 4.21. The average molecular weight is 356 g/mol.